The first-order valence-electron chi connectivity index (χ1n) is 6.02. The zero-order valence-electron chi connectivity index (χ0n) is 10.6. The molecule has 0 rings (SSSR count). The highest BCUT2D eigenvalue weighted by Gasteiger charge is 2.11. The Hall–Kier alpha value is 0.280. The van der Waals surface area contributed by atoms with Crippen LogP contribution in [-0.2, 0) is 0 Å². The van der Waals surface area contributed by atoms with Crippen molar-refractivity contribution < 1.29 is 20.4 Å². The lowest BCUT2D eigenvalue weighted by molar-refractivity contribution is 0.182. The van der Waals surface area contributed by atoms with Crippen LogP contribution in [0.2, 0.25) is 0 Å². The molecule has 6 heteroatoms. The Morgan fingerprint density at radius 1 is 1.00 bits per heavy atom. The van der Waals surface area contributed by atoms with Gasteiger partial charge in [-0.3, -0.25) is 0 Å². The fourth-order valence-corrected chi connectivity index (χ4v) is 2.75. The molecule has 0 aromatic heterocycles. The van der Waals surface area contributed by atoms with Crippen LogP contribution in [0.3, 0.4) is 0 Å². The third-order valence-corrected chi connectivity index (χ3v) is 4.44. The zero-order chi connectivity index (χ0) is 13.8. The van der Waals surface area contributed by atoms with Gasteiger partial charge in [0, 0.05) is 23.0 Å². The molecular weight excluding hydrogens is 272 g/mol. The maximum atomic E-state index is 9.75. The second kappa shape index (κ2) is 12.3. The van der Waals surface area contributed by atoms with Crippen molar-refractivity contribution in [3.8, 4) is 0 Å². The smallest absolute Gasteiger partial charge is 0.0837 e. The van der Waals surface area contributed by atoms with Crippen LogP contribution in [0.5, 0.6) is 0 Å². The van der Waals surface area contributed by atoms with Crippen LogP contribution in [0.1, 0.15) is 12.8 Å². The Labute approximate surface area is 117 Å². The molecular formula is C12H24O4S2. The fraction of sp³-hybridized carbons (Fsp3) is 0.833. The molecule has 108 valence electrons. The predicted octanol–water partition coefficient (Wildman–Crippen LogP) is 0.496. The van der Waals surface area contributed by atoms with Crippen LogP contribution in [-0.4, -0.2) is 68.9 Å². The van der Waals surface area contributed by atoms with Crippen molar-refractivity contribution >= 4 is 23.5 Å². The first-order valence-corrected chi connectivity index (χ1v) is 8.33. The SMILES string of the molecule is C=C(CCC(O)CSCCO)C(O)CSCCO. The quantitative estimate of drug-likeness (QED) is 0.310. The summed E-state index contributed by atoms with van der Waals surface area (Å²) in [6.07, 6.45) is 0.190. The highest BCUT2D eigenvalue weighted by atomic mass is 32.2. The Kier molecular flexibility index (Phi) is 12.5. The van der Waals surface area contributed by atoms with Gasteiger partial charge in [0.1, 0.15) is 0 Å². The molecule has 0 aliphatic heterocycles. The van der Waals surface area contributed by atoms with Gasteiger partial charge in [0.05, 0.1) is 25.4 Å². The number of rotatable bonds is 12. The van der Waals surface area contributed by atoms with Gasteiger partial charge >= 0.3 is 0 Å². The summed E-state index contributed by atoms with van der Waals surface area (Å²) in [5.74, 6) is 2.39. The first kappa shape index (κ1) is 18.3. The standard InChI is InChI=1S/C12H24O4S2/c1-10(12(16)9-18-7-5-14)2-3-11(15)8-17-6-4-13/h11-16H,1-9H2. The lowest BCUT2D eigenvalue weighted by atomic mass is 10.1. The van der Waals surface area contributed by atoms with Gasteiger partial charge in [-0.2, -0.15) is 23.5 Å². The van der Waals surface area contributed by atoms with Gasteiger partial charge in [-0.05, 0) is 18.4 Å². The zero-order valence-corrected chi connectivity index (χ0v) is 12.3. The second-order valence-corrected chi connectivity index (χ2v) is 6.26. The van der Waals surface area contributed by atoms with E-state index in [2.05, 4.69) is 6.58 Å². The minimum Gasteiger partial charge on any atom is -0.396 e. The normalized spacial score (nSPS) is 14.4. The van der Waals surface area contributed by atoms with E-state index in [1.165, 1.54) is 23.5 Å². The minimum absolute atomic E-state index is 0.116. The van der Waals surface area contributed by atoms with Crippen molar-refractivity contribution in [3.63, 3.8) is 0 Å². The molecule has 0 radical (unpaired) electrons. The largest absolute Gasteiger partial charge is 0.396 e. The average molecular weight is 296 g/mol. The van der Waals surface area contributed by atoms with Crippen molar-refractivity contribution in [2.75, 3.05) is 36.2 Å². The molecule has 0 bridgehead atoms. The molecule has 0 saturated heterocycles. The van der Waals surface area contributed by atoms with Gasteiger partial charge in [-0.15, -0.1) is 0 Å². The molecule has 0 aromatic rings. The van der Waals surface area contributed by atoms with Crippen LogP contribution in [0.4, 0.5) is 0 Å². The molecule has 0 spiro atoms. The van der Waals surface area contributed by atoms with Gasteiger partial charge < -0.3 is 20.4 Å². The molecule has 18 heavy (non-hydrogen) atoms. The lowest BCUT2D eigenvalue weighted by Gasteiger charge is -2.15. The minimum atomic E-state index is -0.571. The van der Waals surface area contributed by atoms with Crippen LogP contribution in [0.25, 0.3) is 0 Å². The van der Waals surface area contributed by atoms with Crippen molar-refractivity contribution in [2.45, 2.75) is 25.0 Å². The molecule has 0 heterocycles. The average Bonchev–Trinajstić information content (AvgIpc) is 2.36. The molecule has 4 N–H and O–H groups in total. The molecule has 0 aromatic carbocycles. The summed E-state index contributed by atoms with van der Waals surface area (Å²) in [6, 6.07) is 0. The van der Waals surface area contributed by atoms with Gasteiger partial charge in [0.15, 0.2) is 0 Å². The number of aliphatic hydroxyl groups excluding tert-OH is 4. The van der Waals surface area contributed by atoms with E-state index in [-0.39, 0.29) is 13.2 Å². The molecule has 0 aliphatic rings. The number of aliphatic hydroxyl groups is 4. The number of hydrogen-bond donors (Lipinski definition) is 4. The topological polar surface area (TPSA) is 80.9 Å². The van der Waals surface area contributed by atoms with E-state index in [0.717, 1.165) is 5.57 Å². The van der Waals surface area contributed by atoms with Crippen molar-refractivity contribution in [2.24, 2.45) is 0 Å². The highest BCUT2D eigenvalue weighted by molar-refractivity contribution is 7.99. The van der Waals surface area contributed by atoms with E-state index in [1.807, 2.05) is 0 Å². The summed E-state index contributed by atoms with van der Waals surface area (Å²) in [7, 11) is 0. The third kappa shape index (κ3) is 10.2. The lowest BCUT2D eigenvalue weighted by Crippen LogP contribution is -2.17. The van der Waals surface area contributed by atoms with E-state index >= 15 is 0 Å². The van der Waals surface area contributed by atoms with Crippen LogP contribution >= 0.6 is 23.5 Å². The van der Waals surface area contributed by atoms with E-state index in [9.17, 15) is 10.2 Å². The monoisotopic (exact) mass is 296 g/mol. The molecule has 0 amide bonds. The molecule has 0 saturated carbocycles. The Morgan fingerprint density at radius 3 is 2.11 bits per heavy atom. The number of hydrogen-bond acceptors (Lipinski definition) is 6. The second-order valence-electron chi connectivity index (χ2n) is 3.96. The predicted molar refractivity (Wildman–Crippen MR) is 79.2 cm³/mol. The number of thioether (sulfide) groups is 2. The van der Waals surface area contributed by atoms with Gasteiger partial charge in [0.2, 0.25) is 0 Å². The third-order valence-electron chi connectivity index (χ3n) is 2.33. The van der Waals surface area contributed by atoms with Crippen LogP contribution in [0.15, 0.2) is 12.2 Å². The Bertz CT molecular complexity index is 214. The molecule has 0 fully saturated rings. The summed E-state index contributed by atoms with van der Waals surface area (Å²) in [5, 5.41) is 36.6. The molecule has 2 atom stereocenters. The van der Waals surface area contributed by atoms with Crippen LogP contribution < -0.4 is 0 Å². The summed E-state index contributed by atoms with van der Waals surface area (Å²) < 4.78 is 0. The highest BCUT2D eigenvalue weighted by Crippen LogP contribution is 2.16. The maximum absolute atomic E-state index is 9.75. The van der Waals surface area contributed by atoms with Crippen LogP contribution in [0, 0.1) is 0 Å². The maximum Gasteiger partial charge on any atom is 0.0837 e. The molecule has 0 aliphatic carbocycles. The molecule has 4 nitrogen and oxygen atoms in total. The summed E-state index contributed by atoms with van der Waals surface area (Å²) in [4.78, 5) is 0. The summed E-state index contributed by atoms with van der Waals surface area (Å²) in [5.41, 5.74) is 0.728. The van der Waals surface area contributed by atoms with Crippen molar-refractivity contribution in [1.29, 1.82) is 0 Å². The fourth-order valence-electron chi connectivity index (χ4n) is 1.26. The first-order chi connectivity index (χ1) is 8.61. The van der Waals surface area contributed by atoms with Crippen molar-refractivity contribution in [3.05, 3.63) is 12.2 Å². The van der Waals surface area contributed by atoms with E-state index in [0.29, 0.717) is 35.9 Å². The van der Waals surface area contributed by atoms with E-state index < -0.39 is 12.2 Å². The van der Waals surface area contributed by atoms with E-state index in [4.69, 9.17) is 10.2 Å². The van der Waals surface area contributed by atoms with Gasteiger partial charge in [0.25, 0.3) is 0 Å². The van der Waals surface area contributed by atoms with E-state index in [1.54, 1.807) is 0 Å². The summed E-state index contributed by atoms with van der Waals surface area (Å²) >= 11 is 3.00. The van der Waals surface area contributed by atoms with Crippen molar-refractivity contribution in [1.82, 2.24) is 0 Å². The molecule has 2 unspecified atom stereocenters. The Balaban J connectivity index is 3.60. The summed E-state index contributed by atoms with van der Waals surface area (Å²) in [6.45, 7) is 4.06. The Morgan fingerprint density at radius 2 is 1.56 bits per heavy atom. The van der Waals surface area contributed by atoms with Gasteiger partial charge in [-0.25, -0.2) is 0 Å². The van der Waals surface area contributed by atoms with Gasteiger partial charge in [-0.1, -0.05) is 6.58 Å².